The van der Waals surface area contributed by atoms with E-state index in [0.29, 0.717) is 32.4 Å². The number of esters is 1. The topological polar surface area (TPSA) is 85.3 Å². The fraction of sp³-hybridized carbons (Fsp3) is 0.385. The Bertz CT molecular complexity index is 1020. The van der Waals surface area contributed by atoms with E-state index in [1.54, 1.807) is 18.7 Å². The summed E-state index contributed by atoms with van der Waals surface area (Å²) in [5, 5.41) is 10.7. The number of benzene rings is 2. The largest absolute Gasteiger partial charge is 0.480 e. The molecule has 0 saturated carbocycles. The average molecular weight is 452 g/mol. The van der Waals surface area contributed by atoms with Gasteiger partial charge in [-0.25, -0.2) is 9.59 Å². The molecule has 33 heavy (non-hydrogen) atoms. The Hall–Kier alpha value is -3.48. The number of piperidine rings is 1. The van der Waals surface area contributed by atoms with Crippen LogP contribution in [-0.2, 0) is 32.0 Å². The molecule has 1 N–H and O–H groups in total. The third-order valence-corrected chi connectivity index (χ3v) is 6.20. The highest BCUT2D eigenvalue weighted by Crippen LogP contribution is 2.46. The molecule has 1 saturated heterocycles. The molecule has 1 fully saturated rings. The first kappa shape index (κ1) is 22.7. The number of hydrogen-bond donors (Lipinski definition) is 1. The van der Waals surface area contributed by atoms with Crippen molar-refractivity contribution in [2.75, 3.05) is 13.1 Å². The smallest absolute Gasteiger partial charge is 0.410 e. The first-order valence-electron chi connectivity index (χ1n) is 11.1. The van der Waals surface area contributed by atoms with Crippen LogP contribution in [0.15, 0.2) is 72.2 Å². The van der Waals surface area contributed by atoms with Gasteiger partial charge in [-0.3, -0.25) is 0 Å². The molecule has 0 radical (unpaired) electrons. The van der Waals surface area contributed by atoms with Crippen LogP contribution in [0.2, 0.25) is 0 Å². The molecule has 0 atom stereocenters. The van der Waals surface area contributed by atoms with Crippen molar-refractivity contribution >= 4 is 12.1 Å². The molecule has 174 valence electrons. The van der Waals surface area contributed by atoms with Crippen LogP contribution in [0.1, 0.15) is 37.8 Å². The van der Waals surface area contributed by atoms with Crippen LogP contribution in [0, 0.1) is 5.41 Å². The number of likely N-dealkylation sites (tertiary alicyclic amines) is 1. The molecule has 2 heterocycles. The second kappa shape index (κ2) is 9.17. The van der Waals surface area contributed by atoms with Gasteiger partial charge in [0.05, 0.1) is 0 Å². The van der Waals surface area contributed by atoms with Crippen LogP contribution in [-0.4, -0.2) is 40.9 Å². The summed E-state index contributed by atoms with van der Waals surface area (Å²) in [5.41, 5.74) is 1.36. The van der Waals surface area contributed by atoms with E-state index in [1.165, 1.54) is 0 Å². The van der Waals surface area contributed by atoms with E-state index in [0.717, 1.165) is 11.1 Å². The van der Waals surface area contributed by atoms with Crippen LogP contribution >= 0.6 is 0 Å². The van der Waals surface area contributed by atoms with E-state index in [4.69, 9.17) is 14.2 Å². The minimum absolute atomic E-state index is 0.142. The maximum absolute atomic E-state index is 13.0. The lowest BCUT2D eigenvalue weighted by atomic mass is 9.68. The number of amides is 1. The predicted molar refractivity (Wildman–Crippen MR) is 121 cm³/mol. The van der Waals surface area contributed by atoms with Crippen molar-refractivity contribution in [2.24, 2.45) is 5.41 Å². The van der Waals surface area contributed by atoms with Crippen molar-refractivity contribution < 1.29 is 28.9 Å². The van der Waals surface area contributed by atoms with Crippen molar-refractivity contribution in [3.05, 3.63) is 83.3 Å². The molecule has 4 rings (SSSR count). The van der Waals surface area contributed by atoms with Gasteiger partial charge in [0.2, 0.25) is 0 Å². The Kier molecular flexibility index (Phi) is 6.31. The maximum Gasteiger partial charge on any atom is 0.410 e. The molecular formula is C26H29NO6. The Labute approximate surface area is 193 Å². The molecular weight excluding hydrogens is 422 g/mol. The average Bonchev–Trinajstić information content (AvgIpc) is 2.78. The van der Waals surface area contributed by atoms with E-state index in [9.17, 15) is 14.7 Å². The summed E-state index contributed by atoms with van der Waals surface area (Å²) in [7, 11) is 0. The zero-order chi connectivity index (χ0) is 23.5. The molecule has 0 spiro atoms. The summed E-state index contributed by atoms with van der Waals surface area (Å²) in [6.07, 6.45) is 1.04. The lowest BCUT2D eigenvalue weighted by Crippen LogP contribution is -2.49. The van der Waals surface area contributed by atoms with Gasteiger partial charge in [-0.05, 0) is 30.4 Å². The van der Waals surface area contributed by atoms with Gasteiger partial charge in [-0.15, -0.1) is 0 Å². The van der Waals surface area contributed by atoms with Crippen LogP contribution in [0.3, 0.4) is 0 Å². The lowest BCUT2D eigenvalue weighted by Gasteiger charge is -2.44. The Morgan fingerprint density at radius 1 is 0.970 bits per heavy atom. The monoisotopic (exact) mass is 451 g/mol. The van der Waals surface area contributed by atoms with E-state index in [2.05, 4.69) is 0 Å². The second-order valence-corrected chi connectivity index (χ2v) is 9.04. The lowest BCUT2D eigenvalue weighted by molar-refractivity contribution is -0.225. The fourth-order valence-electron chi connectivity index (χ4n) is 4.54. The van der Waals surface area contributed by atoms with Gasteiger partial charge < -0.3 is 24.2 Å². The van der Waals surface area contributed by atoms with Gasteiger partial charge in [0.1, 0.15) is 12.2 Å². The van der Waals surface area contributed by atoms with Gasteiger partial charge in [0.15, 0.2) is 0 Å². The molecule has 0 unspecified atom stereocenters. The highest BCUT2D eigenvalue weighted by atomic mass is 16.8. The molecule has 0 aromatic heterocycles. The van der Waals surface area contributed by atoms with Gasteiger partial charge in [-0.1, -0.05) is 60.7 Å². The number of aliphatic hydroxyl groups is 1. The molecule has 7 nitrogen and oxygen atoms in total. The zero-order valence-electron chi connectivity index (χ0n) is 19.0. The molecule has 2 aliphatic rings. The number of rotatable bonds is 5. The number of nitrogens with zero attached hydrogens (tertiary/aromatic N) is 1. The van der Waals surface area contributed by atoms with E-state index < -0.39 is 29.2 Å². The van der Waals surface area contributed by atoms with E-state index >= 15 is 0 Å². The van der Waals surface area contributed by atoms with E-state index in [1.807, 2.05) is 60.7 Å². The number of carbonyl (C=O) groups excluding carboxylic acids is 2. The van der Waals surface area contributed by atoms with Crippen LogP contribution in [0.25, 0.3) is 0 Å². The van der Waals surface area contributed by atoms with Crippen molar-refractivity contribution in [3.8, 4) is 0 Å². The molecule has 0 bridgehead atoms. The van der Waals surface area contributed by atoms with Gasteiger partial charge in [-0.2, -0.15) is 0 Å². The number of cyclic esters (lactones) is 1. The van der Waals surface area contributed by atoms with E-state index in [-0.39, 0.29) is 12.2 Å². The van der Waals surface area contributed by atoms with Crippen LogP contribution < -0.4 is 0 Å². The minimum atomic E-state index is -1.24. The van der Waals surface area contributed by atoms with Gasteiger partial charge in [0.25, 0.3) is 11.7 Å². The quantitative estimate of drug-likeness (QED) is 0.662. The number of carbonyl (C=O) groups is 2. The SMILES string of the molecule is CC1(C)OC(=O)C(C2(Cc3ccccc3)CCN(C(=O)OCc3ccccc3)CC2)=C(O)O1. The van der Waals surface area contributed by atoms with Crippen molar-refractivity contribution in [1.82, 2.24) is 4.90 Å². The third-order valence-electron chi connectivity index (χ3n) is 6.20. The number of aliphatic hydroxyl groups excluding tert-OH is 1. The first-order chi connectivity index (χ1) is 15.8. The summed E-state index contributed by atoms with van der Waals surface area (Å²) >= 11 is 0. The Morgan fingerprint density at radius 2 is 1.55 bits per heavy atom. The first-order valence-corrected chi connectivity index (χ1v) is 11.1. The minimum Gasteiger partial charge on any atom is -0.480 e. The summed E-state index contributed by atoms with van der Waals surface area (Å²) in [4.78, 5) is 27.3. The number of hydrogen-bond acceptors (Lipinski definition) is 6. The molecule has 2 aromatic rings. The molecule has 0 aliphatic carbocycles. The highest BCUT2D eigenvalue weighted by Gasteiger charge is 2.49. The normalized spacial score (nSPS) is 19.5. The molecule has 7 heteroatoms. The second-order valence-electron chi connectivity index (χ2n) is 9.04. The Balaban J connectivity index is 1.52. The van der Waals surface area contributed by atoms with Crippen LogP contribution in [0.5, 0.6) is 0 Å². The summed E-state index contributed by atoms with van der Waals surface area (Å²) < 4.78 is 16.4. The summed E-state index contributed by atoms with van der Waals surface area (Å²) in [6.45, 7) is 4.12. The Morgan fingerprint density at radius 3 is 2.12 bits per heavy atom. The predicted octanol–water partition coefficient (Wildman–Crippen LogP) is 4.73. The maximum atomic E-state index is 13.0. The summed E-state index contributed by atoms with van der Waals surface area (Å²) in [6, 6.07) is 19.3. The van der Waals surface area contributed by atoms with Crippen LogP contribution in [0.4, 0.5) is 4.79 Å². The molecule has 1 amide bonds. The molecule has 2 aliphatic heterocycles. The zero-order valence-corrected chi connectivity index (χ0v) is 19.0. The van der Waals surface area contributed by atoms with Crippen molar-refractivity contribution in [3.63, 3.8) is 0 Å². The van der Waals surface area contributed by atoms with Gasteiger partial charge >= 0.3 is 12.1 Å². The van der Waals surface area contributed by atoms with Crippen molar-refractivity contribution in [1.29, 1.82) is 0 Å². The van der Waals surface area contributed by atoms with Gasteiger partial charge in [0, 0.05) is 32.4 Å². The summed E-state index contributed by atoms with van der Waals surface area (Å²) in [5.74, 6) is -2.22. The highest BCUT2D eigenvalue weighted by molar-refractivity contribution is 5.91. The third kappa shape index (κ3) is 5.13. The number of ether oxygens (including phenoxy) is 3. The molecule has 2 aromatic carbocycles. The van der Waals surface area contributed by atoms with Crippen molar-refractivity contribution in [2.45, 2.75) is 45.5 Å². The standard InChI is InChI=1S/C26H29NO6/c1-25(2)32-22(28)21(23(29)33-25)26(17-19-9-5-3-6-10-19)13-15-27(16-14-26)24(30)31-18-20-11-7-4-8-12-20/h3-12,28H,13-18H2,1-2H3. The fourth-order valence-corrected chi connectivity index (χ4v) is 4.54.